The van der Waals surface area contributed by atoms with Crippen LogP contribution in [0.15, 0.2) is 48.5 Å². The third-order valence-electron chi connectivity index (χ3n) is 4.05. The molecule has 2 aromatic carbocycles. The molecule has 27 heavy (non-hydrogen) atoms. The standard InChI is InChI=1S/C20H23NO6/c1-13(23)14-3-7-16(8-4-14)21-20(25)27-19(18(26-2)11-12-22)15-5-9-17(24)10-6-15/h3-10,18-19,22,24H,11-12H2,1-2H3,(H,21,25)/t18-,19-/m1/s1. The number of methoxy groups -OCH3 is 1. The fraction of sp³-hybridized carbons (Fsp3) is 0.300. The minimum atomic E-state index is -0.778. The molecule has 0 saturated heterocycles. The van der Waals surface area contributed by atoms with Gasteiger partial charge in [-0.3, -0.25) is 10.1 Å². The molecule has 7 heteroatoms. The molecule has 0 aliphatic carbocycles. The number of hydrogen-bond donors (Lipinski definition) is 3. The zero-order valence-corrected chi connectivity index (χ0v) is 15.2. The second-order valence-electron chi connectivity index (χ2n) is 5.96. The van der Waals surface area contributed by atoms with Crippen LogP contribution >= 0.6 is 0 Å². The lowest BCUT2D eigenvalue weighted by molar-refractivity contribution is -0.0306. The largest absolute Gasteiger partial charge is 0.508 e. The highest BCUT2D eigenvalue weighted by molar-refractivity contribution is 5.94. The number of aromatic hydroxyl groups is 1. The van der Waals surface area contributed by atoms with Gasteiger partial charge in [0, 0.05) is 31.4 Å². The molecule has 0 radical (unpaired) electrons. The minimum Gasteiger partial charge on any atom is -0.508 e. The first-order valence-electron chi connectivity index (χ1n) is 8.45. The van der Waals surface area contributed by atoms with Crippen molar-refractivity contribution < 1.29 is 29.3 Å². The summed E-state index contributed by atoms with van der Waals surface area (Å²) < 4.78 is 10.9. The Hall–Kier alpha value is -2.90. The number of aliphatic hydroxyl groups is 1. The van der Waals surface area contributed by atoms with Crippen LogP contribution in [0.1, 0.15) is 35.4 Å². The summed E-state index contributed by atoms with van der Waals surface area (Å²) in [6.07, 6.45) is -1.78. The molecule has 0 aliphatic heterocycles. The Morgan fingerprint density at radius 2 is 1.70 bits per heavy atom. The smallest absolute Gasteiger partial charge is 0.412 e. The quantitative estimate of drug-likeness (QED) is 0.613. The van der Waals surface area contributed by atoms with Crippen molar-refractivity contribution in [3.8, 4) is 5.75 Å². The number of amides is 1. The summed E-state index contributed by atoms with van der Waals surface area (Å²) in [5, 5.41) is 21.3. The molecule has 7 nitrogen and oxygen atoms in total. The van der Waals surface area contributed by atoms with Gasteiger partial charge in [0.2, 0.25) is 0 Å². The van der Waals surface area contributed by atoms with Gasteiger partial charge in [-0.15, -0.1) is 0 Å². The van der Waals surface area contributed by atoms with E-state index in [1.54, 1.807) is 36.4 Å². The number of carbonyl (C=O) groups excluding carboxylic acids is 2. The molecule has 0 fully saturated rings. The molecule has 3 N–H and O–H groups in total. The van der Waals surface area contributed by atoms with Gasteiger partial charge < -0.3 is 19.7 Å². The highest BCUT2D eigenvalue weighted by Gasteiger charge is 2.27. The van der Waals surface area contributed by atoms with Crippen LogP contribution < -0.4 is 5.32 Å². The normalized spacial score (nSPS) is 12.9. The van der Waals surface area contributed by atoms with Gasteiger partial charge in [-0.05, 0) is 48.9 Å². The van der Waals surface area contributed by atoms with Gasteiger partial charge in [-0.2, -0.15) is 0 Å². The Balaban J connectivity index is 2.14. The first-order chi connectivity index (χ1) is 12.9. The number of Topliss-reactive ketones (excluding diaryl/α,β-unsaturated/α-hetero) is 1. The van der Waals surface area contributed by atoms with Crippen molar-refractivity contribution in [2.45, 2.75) is 25.6 Å². The molecule has 2 aromatic rings. The second-order valence-corrected chi connectivity index (χ2v) is 5.96. The Kier molecular flexibility index (Phi) is 7.34. The van der Waals surface area contributed by atoms with Crippen LogP contribution in [0.5, 0.6) is 5.75 Å². The van der Waals surface area contributed by atoms with Crippen LogP contribution in [0.4, 0.5) is 10.5 Å². The van der Waals surface area contributed by atoms with Crippen molar-refractivity contribution >= 4 is 17.6 Å². The fourth-order valence-electron chi connectivity index (χ4n) is 2.59. The molecule has 0 heterocycles. The monoisotopic (exact) mass is 373 g/mol. The summed E-state index contributed by atoms with van der Waals surface area (Å²) in [7, 11) is 1.47. The van der Waals surface area contributed by atoms with E-state index >= 15 is 0 Å². The summed E-state index contributed by atoms with van der Waals surface area (Å²) in [5.41, 5.74) is 1.64. The summed E-state index contributed by atoms with van der Waals surface area (Å²) in [6, 6.07) is 12.6. The van der Waals surface area contributed by atoms with Crippen molar-refractivity contribution in [3.63, 3.8) is 0 Å². The van der Waals surface area contributed by atoms with E-state index in [2.05, 4.69) is 5.32 Å². The summed E-state index contributed by atoms with van der Waals surface area (Å²) in [5.74, 6) is 0.0205. The summed E-state index contributed by atoms with van der Waals surface area (Å²) in [6.45, 7) is 1.33. The molecule has 2 rings (SSSR count). The van der Waals surface area contributed by atoms with Gasteiger partial charge in [-0.25, -0.2) is 4.79 Å². The van der Waals surface area contributed by atoms with Gasteiger partial charge in [0.05, 0.1) is 0 Å². The second kappa shape index (κ2) is 9.70. The zero-order valence-electron chi connectivity index (χ0n) is 15.2. The van der Waals surface area contributed by atoms with E-state index < -0.39 is 18.3 Å². The van der Waals surface area contributed by atoms with E-state index in [-0.39, 0.29) is 24.6 Å². The summed E-state index contributed by atoms with van der Waals surface area (Å²) >= 11 is 0. The van der Waals surface area contributed by atoms with E-state index in [4.69, 9.17) is 9.47 Å². The maximum Gasteiger partial charge on any atom is 0.412 e. The molecular formula is C20H23NO6. The number of hydrogen-bond acceptors (Lipinski definition) is 6. The number of phenols is 1. The van der Waals surface area contributed by atoms with Crippen LogP contribution in [-0.4, -0.2) is 41.9 Å². The average Bonchev–Trinajstić information content (AvgIpc) is 2.65. The van der Waals surface area contributed by atoms with Gasteiger partial charge in [-0.1, -0.05) is 12.1 Å². The first-order valence-corrected chi connectivity index (χ1v) is 8.45. The number of benzene rings is 2. The van der Waals surface area contributed by atoms with Crippen molar-refractivity contribution in [1.29, 1.82) is 0 Å². The van der Waals surface area contributed by atoms with E-state index in [9.17, 15) is 19.8 Å². The highest BCUT2D eigenvalue weighted by Crippen LogP contribution is 2.27. The molecule has 2 atom stereocenters. The van der Waals surface area contributed by atoms with Gasteiger partial charge >= 0.3 is 6.09 Å². The predicted molar refractivity (Wildman–Crippen MR) is 99.9 cm³/mol. The zero-order chi connectivity index (χ0) is 19.8. The molecule has 0 bridgehead atoms. The highest BCUT2D eigenvalue weighted by atomic mass is 16.6. The Morgan fingerprint density at radius 3 is 2.22 bits per heavy atom. The van der Waals surface area contributed by atoms with Crippen molar-refractivity contribution in [2.24, 2.45) is 0 Å². The molecule has 0 spiro atoms. The van der Waals surface area contributed by atoms with E-state index in [0.29, 0.717) is 16.8 Å². The Labute approximate surface area is 157 Å². The molecule has 1 amide bonds. The van der Waals surface area contributed by atoms with E-state index in [1.165, 1.54) is 26.2 Å². The Morgan fingerprint density at radius 1 is 1.07 bits per heavy atom. The number of ketones is 1. The number of phenolic OH excluding ortho intramolecular Hbond substituents is 1. The van der Waals surface area contributed by atoms with Crippen molar-refractivity contribution in [2.75, 3.05) is 19.0 Å². The van der Waals surface area contributed by atoms with Crippen molar-refractivity contribution in [3.05, 3.63) is 59.7 Å². The van der Waals surface area contributed by atoms with Crippen LogP contribution in [0.3, 0.4) is 0 Å². The number of ether oxygens (including phenoxy) is 2. The lowest BCUT2D eigenvalue weighted by Crippen LogP contribution is -2.28. The van der Waals surface area contributed by atoms with Crippen molar-refractivity contribution in [1.82, 2.24) is 0 Å². The topological polar surface area (TPSA) is 105 Å². The fourth-order valence-corrected chi connectivity index (χ4v) is 2.59. The summed E-state index contributed by atoms with van der Waals surface area (Å²) in [4.78, 5) is 23.6. The van der Waals surface area contributed by atoms with E-state index in [0.717, 1.165) is 0 Å². The number of rotatable bonds is 8. The minimum absolute atomic E-state index is 0.0662. The van der Waals surface area contributed by atoms with Crippen LogP contribution in [0, 0.1) is 0 Å². The lowest BCUT2D eigenvalue weighted by Gasteiger charge is -2.26. The Bertz CT molecular complexity index is 757. The maximum atomic E-state index is 12.3. The molecule has 0 aromatic heterocycles. The SMILES string of the molecule is CO[C@H](CCO)[C@H](OC(=O)Nc1ccc(C(C)=O)cc1)c1ccc(O)cc1. The third-order valence-corrected chi connectivity index (χ3v) is 4.05. The molecular weight excluding hydrogens is 350 g/mol. The number of nitrogens with one attached hydrogen (secondary N) is 1. The number of anilines is 1. The number of carbonyl (C=O) groups is 2. The lowest BCUT2D eigenvalue weighted by atomic mass is 10.0. The molecule has 0 aliphatic rings. The van der Waals surface area contributed by atoms with Crippen LogP contribution in [0.25, 0.3) is 0 Å². The van der Waals surface area contributed by atoms with Gasteiger partial charge in [0.15, 0.2) is 11.9 Å². The average molecular weight is 373 g/mol. The van der Waals surface area contributed by atoms with Crippen LogP contribution in [-0.2, 0) is 9.47 Å². The van der Waals surface area contributed by atoms with E-state index in [1.807, 2.05) is 0 Å². The molecule has 0 saturated carbocycles. The molecule has 0 unspecified atom stereocenters. The van der Waals surface area contributed by atoms with Gasteiger partial charge in [0.25, 0.3) is 0 Å². The number of aliphatic hydroxyl groups excluding tert-OH is 1. The first kappa shape index (κ1) is 20.4. The van der Waals surface area contributed by atoms with Crippen LogP contribution in [0.2, 0.25) is 0 Å². The third kappa shape index (κ3) is 5.80. The maximum absolute atomic E-state index is 12.3. The molecule has 144 valence electrons. The predicted octanol–water partition coefficient (Wildman–Crippen LogP) is 3.28. The van der Waals surface area contributed by atoms with Gasteiger partial charge in [0.1, 0.15) is 11.9 Å².